The molecule has 2 aromatic rings. The van der Waals surface area contributed by atoms with Gasteiger partial charge in [-0.15, -0.1) is 0 Å². The van der Waals surface area contributed by atoms with Gasteiger partial charge in [-0.25, -0.2) is 4.79 Å². The lowest BCUT2D eigenvalue weighted by atomic mass is 10.1. The number of hydrogen-bond donors (Lipinski definition) is 1. The highest BCUT2D eigenvalue weighted by molar-refractivity contribution is 5.89. The summed E-state index contributed by atoms with van der Waals surface area (Å²) in [5, 5.41) is 9.18. The van der Waals surface area contributed by atoms with Crippen molar-refractivity contribution in [3.63, 3.8) is 0 Å². The fourth-order valence-corrected chi connectivity index (χ4v) is 2.35. The maximum atomic E-state index is 12.4. The minimum atomic E-state index is -1.19. The Kier molecular flexibility index (Phi) is 3.74. The van der Waals surface area contributed by atoms with Crippen molar-refractivity contribution < 1.29 is 9.90 Å². The zero-order chi connectivity index (χ0) is 14.9. The van der Waals surface area contributed by atoms with E-state index in [0.29, 0.717) is 11.3 Å². The fourth-order valence-electron chi connectivity index (χ4n) is 2.35. The van der Waals surface area contributed by atoms with Crippen molar-refractivity contribution in [2.75, 3.05) is 0 Å². The summed E-state index contributed by atoms with van der Waals surface area (Å²) in [6, 6.07) is 9.30. The van der Waals surface area contributed by atoms with Crippen LogP contribution in [0.2, 0.25) is 0 Å². The summed E-state index contributed by atoms with van der Waals surface area (Å²) in [7, 11) is 0. The molecule has 4 nitrogen and oxygen atoms in total. The summed E-state index contributed by atoms with van der Waals surface area (Å²) in [6.45, 7) is 5.50. The van der Waals surface area contributed by atoms with Gasteiger partial charge in [-0.3, -0.25) is 9.36 Å². The summed E-state index contributed by atoms with van der Waals surface area (Å²) in [5.74, 6) is -1.19. The summed E-state index contributed by atoms with van der Waals surface area (Å²) >= 11 is 0. The normalized spacial score (nSPS) is 10.6. The number of aryl methyl sites for hydroxylation is 3. The first-order valence-corrected chi connectivity index (χ1v) is 6.51. The summed E-state index contributed by atoms with van der Waals surface area (Å²) in [5.41, 5.74) is 2.41. The molecule has 1 N–H and O–H groups in total. The van der Waals surface area contributed by atoms with Gasteiger partial charge >= 0.3 is 5.97 Å². The number of carboxylic acids is 1. The molecule has 0 bridgehead atoms. The Morgan fingerprint density at radius 3 is 2.30 bits per heavy atom. The van der Waals surface area contributed by atoms with Gasteiger partial charge in [0.05, 0.1) is 0 Å². The van der Waals surface area contributed by atoms with Crippen molar-refractivity contribution >= 4 is 5.97 Å². The minimum Gasteiger partial charge on any atom is -0.477 e. The molecule has 0 aliphatic rings. The number of carbonyl (C=O) groups is 1. The van der Waals surface area contributed by atoms with Crippen molar-refractivity contribution in [3.05, 3.63) is 63.1 Å². The van der Waals surface area contributed by atoms with E-state index in [1.54, 1.807) is 19.9 Å². The highest BCUT2D eigenvalue weighted by Crippen LogP contribution is 2.14. The van der Waals surface area contributed by atoms with Gasteiger partial charge < -0.3 is 5.11 Å². The Morgan fingerprint density at radius 2 is 1.80 bits per heavy atom. The highest BCUT2D eigenvalue weighted by Gasteiger charge is 2.17. The van der Waals surface area contributed by atoms with Crippen LogP contribution >= 0.6 is 0 Å². The van der Waals surface area contributed by atoms with Crippen LogP contribution in [0.3, 0.4) is 0 Å². The molecule has 1 heterocycles. The second-order valence-corrected chi connectivity index (χ2v) is 4.81. The fraction of sp³-hybridized carbons (Fsp3) is 0.250. The molecule has 2 rings (SSSR count). The lowest BCUT2D eigenvalue weighted by molar-refractivity contribution is 0.0693. The number of hydrogen-bond acceptors (Lipinski definition) is 2. The first-order valence-electron chi connectivity index (χ1n) is 6.51. The average Bonchev–Trinajstić information content (AvgIpc) is 2.38. The van der Waals surface area contributed by atoms with E-state index >= 15 is 0 Å². The van der Waals surface area contributed by atoms with Gasteiger partial charge in [0.15, 0.2) is 0 Å². The molecule has 0 aliphatic carbocycles. The smallest absolute Gasteiger partial charge is 0.341 e. The quantitative estimate of drug-likeness (QED) is 0.933. The number of pyridine rings is 1. The Balaban J connectivity index is 2.70. The summed E-state index contributed by atoms with van der Waals surface area (Å²) in [4.78, 5) is 23.6. The predicted molar refractivity (Wildman–Crippen MR) is 77.9 cm³/mol. The van der Waals surface area contributed by atoms with Crippen LogP contribution in [-0.4, -0.2) is 15.6 Å². The largest absolute Gasteiger partial charge is 0.477 e. The lowest BCUT2D eigenvalue weighted by Gasteiger charge is -2.13. The van der Waals surface area contributed by atoms with Crippen molar-refractivity contribution in [2.45, 2.75) is 27.2 Å². The highest BCUT2D eigenvalue weighted by atomic mass is 16.4. The van der Waals surface area contributed by atoms with Gasteiger partial charge in [-0.1, -0.05) is 19.1 Å². The third kappa shape index (κ3) is 2.37. The third-order valence-electron chi connectivity index (χ3n) is 3.41. The maximum absolute atomic E-state index is 12.4. The molecule has 0 aliphatic heterocycles. The molecule has 1 aromatic heterocycles. The second-order valence-electron chi connectivity index (χ2n) is 4.81. The number of aromatic nitrogens is 1. The number of carboxylic acid groups (broad SMARTS) is 1. The minimum absolute atomic E-state index is 0.171. The Morgan fingerprint density at radius 1 is 1.20 bits per heavy atom. The Labute approximate surface area is 117 Å². The first kappa shape index (κ1) is 14.1. The van der Waals surface area contributed by atoms with E-state index in [1.807, 2.05) is 24.3 Å². The van der Waals surface area contributed by atoms with E-state index in [4.69, 9.17) is 0 Å². The van der Waals surface area contributed by atoms with Gasteiger partial charge in [0.2, 0.25) is 0 Å². The molecule has 20 heavy (non-hydrogen) atoms. The summed E-state index contributed by atoms with van der Waals surface area (Å²) < 4.78 is 1.44. The molecule has 0 saturated heterocycles. The molecule has 104 valence electrons. The van der Waals surface area contributed by atoms with Crippen LogP contribution in [0.4, 0.5) is 0 Å². The molecule has 0 unspecified atom stereocenters. The molecule has 0 atom stereocenters. The lowest BCUT2D eigenvalue weighted by Crippen LogP contribution is -2.28. The van der Waals surface area contributed by atoms with Gasteiger partial charge in [0.1, 0.15) is 5.56 Å². The van der Waals surface area contributed by atoms with E-state index in [0.717, 1.165) is 12.1 Å². The number of benzene rings is 1. The van der Waals surface area contributed by atoms with Crippen LogP contribution in [0.15, 0.2) is 35.1 Å². The van der Waals surface area contributed by atoms with Crippen LogP contribution in [0.1, 0.15) is 34.1 Å². The van der Waals surface area contributed by atoms with Crippen LogP contribution in [0.5, 0.6) is 0 Å². The number of aromatic carboxylic acids is 1. The molecule has 0 saturated carbocycles. The predicted octanol–water partition coefficient (Wildman–Crippen LogP) is 2.71. The molecular formula is C16H17NO3. The monoisotopic (exact) mass is 271 g/mol. The topological polar surface area (TPSA) is 59.3 Å². The summed E-state index contributed by atoms with van der Waals surface area (Å²) in [6.07, 6.45) is 0.919. The van der Waals surface area contributed by atoms with Gasteiger partial charge in [0.25, 0.3) is 5.56 Å². The van der Waals surface area contributed by atoms with Crippen molar-refractivity contribution in [1.82, 2.24) is 4.57 Å². The maximum Gasteiger partial charge on any atom is 0.341 e. The third-order valence-corrected chi connectivity index (χ3v) is 3.41. The standard InChI is InChI=1S/C16H17NO3/c1-4-12-5-7-13(8-6-12)17-11(3)9-10(2)14(15(17)18)16(19)20/h5-9H,4H2,1-3H3,(H,19,20). The van der Waals surface area contributed by atoms with Gasteiger partial charge in [-0.2, -0.15) is 0 Å². The number of rotatable bonds is 3. The van der Waals surface area contributed by atoms with Crippen molar-refractivity contribution in [2.24, 2.45) is 0 Å². The first-order chi connectivity index (χ1) is 9.45. The number of nitrogens with zero attached hydrogens (tertiary/aromatic N) is 1. The molecule has 0 fully saturated rings. The van der Waals surface area contributed by atoms with E-state index in [2.05, 4.69) is 6.92 Å². The zero-order valence-corrected chi connectivity index (χ0v) is 11.8. The second kappa shape index (κ2) is 5.33. The van der Waals surface area contributed by atoms with Gasteiger partial charge in [0, 0.05) is 11.4 Å². The molecule has 0 amide bonds. The van der Waals surface area contributed by atoms with E-state index in [-0.39, 0.29) is 5.56 Å². The Bertz CT molecular complexity index is 712. The van der Waals surface area contributed by atoms with Crippen LogP contribution < -0.4 is 5.56 Å². The molecule has 1 aromatic carbocycles. The van der Waals surface area contributed by atoms with Gasteiger partial charge in [-0.05, 0) is 49.6 Å². The molecule has 0 radical (unpaired) electrons. The van der Waals surface area contributed by atoms with Crippen LogP contribution in [0, 0.1) is 13.8 Å². The van der Waals surface area contributed by atoms with E-state index in [1.165, 1.54) is 10.1 Å². The van der Waals surface area contributed by atoms with Crippen molar-refractivity contribution in [3.8, 4) is 5.69 Å². The zero-order valence-electron chi connectivity index (χ0n) is 11.8. The molecular weight excluding hydrogens is 254 g/mol. The average molecular weight is 271 g/mol. The van der Waals surface area contributed by atoms with Crippen molar-refractivity contribution in [1.29, 1.82) is 0 Å². The Hall–Kier alpha value is -2.36. The van der Waals surface area contributed by atoms with Crippen LogP contribution in [-0.2, 0) is 6.42 Å². The van der Waals surface area contributed by atoms with E-state index < -0.39 is 11.5 Å². The van der Waals surface area contributed by atoms with E-state index in [9.17, 15) is 14.7 Å². The van der Waals surface area contributed by atoms with Crippen LogP contribution in [0.25, 0.3) is 5.69 Å². The molecule has 4 heteroatoms. The molecule has 0 spiro atoms. The SMILES string of the molecule is CCc1ccc(-n2c(C)cc(C)c(C(=O)O)c2=O)cc1.